The average molecular weight is 351 g/mol. The Hall–Kier alpha value is -2.67. The number of hydrogen-bond donors (Lipinski definition) is 1. The number of morpholine rings is 1. The molecule has 7 heteroatoms. The van der Waals surface area contributed by atoms with Crippen molar-refractivity contribution in [2.75, 3.05) is 31.2 Å². The number of ether oxygens (including phenoxy) is 2. The third-order valence-corrected chi connectivity index (χ3v) is 5.08. The molecule has 0 aromatic carbocycles. The van der Waals surface area contributed by atoms with Gasteiger partial charge in [-0.05, 0) is 31.9 Å². The zero-order valence-corrected chi connectivity index (χ0v) is 14.7. The zero-order valence-electron chi connectivity index (χ0n) is 14.7. The summed E-state index contributed by atoms with van der Waals surface area (Å²) in [7, 11) is 0. The summed E-state index contributed by atoms with van der Waals surface area (Å²) in [5.41, 5.74) is 2.77. The number of aromatic amines is 1. The number of nitrogens with zero attached hydrogens (tertiary/aromatic N) is 4. The minimum Gasteiger partial charge on any atom is -0.471 e. The monoisotopic (exact) mass is 351 g/mol. The maximum Gasteiger partial charge on any atom is 0.214 e. The summed E-state index contributed by atoms with van der Waals surface area (Å²) in [6.07, 6.45) is 5.79. The molecule has 134 valence electrons. The molecule has 4 heterocycles. The fourth-order valence-corrected chi connectivity index (χ4v) is 3.24. The molecule has 1 N–H and O–H groups in total. The second kappa shape index (κ2) is 5.95. The summed E-state index contributed by atoms with van der Waals surface area (Å²) in [5.74, 6) is 1.61. The minimum atomic E-state index is -0.0508. The maximum absolute atomic E-state index is 6.01. The predicted octanol–water partition coefficient (Wildman–Crippen LogP) is 2.79. The highest BCUT2D eigenvalue weighted by molar-refractivity contribution is 5.93. The van der Waals surface area contributed by atoms with Crippen molar-refractivity contribution in [3.63, 3.8) is 0 Å². The molecule has 1 saturated carbocycles. The van der Waals surface area contributed by atoms with E-state index in [0.29, 0.717) is 5.88 Å². The molecule has 1 aliphatic carbocycles. The van der Waals surface area contributed by atoms with Crippen molar-refractivity contribution in [3.8, 4) is 17.1 Å². The second-order valence-corrected chi connectivity index (χ2v) is 7.19. The predicted molar refractivity (Wildman–Crippen MR) is 98.4 cm³/mol. The van der Waals surface area contributed by atoms with Crippen LogP contribution in [0.15, 0.2) is 30.6 Å². The highest BCUT2D eigenvalue weighted by atomic mass is 16.5. The average Bonchev–Trinajstić information content (AvgIpc) is 3.25. The minimum absolute atomic E-state index is 0.0508. The quantitative estimate of drug-likeness (QED) is 0.779. The van der Waals surface area contributed by atoms with Crippen molar-refractivity contribution in [1.29, 1.82) is 0 Å². The molecule has 0 unspecified atom stereocenters. The van der Waals surface area contributed by atoms with Crippen LogP contribution in [-0.2, 0) is 4.74 Å². The van der Waals surface area contributed by atoms with E-state index in [-0.39, 0.29) is 5.60 Å². The number of fused-ring (bicyclic) bond motifs is 1. The first-order chi connectivity index (χ1) is 12.7. The second-order valence-electron chi connectivity index (χ2n) is 7.19. The van der Waals surface area contributed by atoms with Crippen LogP contribution >= 0.6 is 0 Å². The lowest BCUT2D eigenvalue weighted by atomic mass is 10.1. The standard InChI is InChI=1S/C19H21N5O2/c1-19(3-4-19)26-17-11-14-15(12-21-17)22-23-18(14)13-2-5-20-16(10-13)24-6-8-25-9-7-24/h2,5,10-12H,3-4,6-9H2,1H3,(H,22,23). The number of anilines is 1. The molecule has 3 aromatic rings. The first kappa shape index (κ1) is 15.6. The first-order valence-corrected chi connectivity index (χ1v) is 9.02. The first-order valence-electron chi connectivity index (χ1n) is 9.02. The zero-order chi connectivity index (χ0) is 17.6. The van der Waals surface area contributed by atoms with Gasteiger partial charge in [-0.15, -0.1) is 0 Å². The molecule has 0 amide bonds. The van der Waals surface area contributed by atoms with E-state index in [4.69, 9.17) is 9.47 Å². The largest absolute Gasteiger partial charge is 0.471 e. The topological polar surface area (TPSA) is 76.2 Å². The molecule has 0 radical (unpaired) electrons. The summed E-state index contributed by atoms with van der Waals surface area (Å²) >= 11 is 0. The third kappa shape index (κ3) is 2.88. The third-order valence-electron chi connectivity index (χ3n) is 5.08. The van der Waals surface area contributed by atoms with E-state index in [9.17, 15) is 0 Å². The molecular formula is C19H21N5O2. The van der Waals surface area contributed by atoms with Gasteiger partial charge < -0.3 is 14.4 Å². The molecule has 7 nitrogen and oxygen atoms in total. The van der Waals surface area contributed by atoms with Crippen LogP contribution < -0.4 is 9.64 Å². The molecule has 0 spiro atoms. The van der Waals surface area contributed by atoms with Crippen LogP contribution in [0.5, 0.6) is 5.88 Å². The van der Waals surface area contributed by atoms with E-state index in [1.165, 1.54) is 0 Å². The van der Waals surface area contributed by atoms with E-state index in [0.717, 1.165) is 67.1 Å². The SMILES string of the molecule is CC1(Oc2cc3c(-c4ccnc(N5CCOCC5)c4)n[nH]c3cn2)CC1. The van der Waals surface area contributed by atoms with Gasteiger partial charge in [-0.25, -0.2) is 9.97 Å². The summed E-state index contributed by atoms with van der Waals surface area (Å²) < 4.78 is 11.4. The fraction of sp³-hybridized carbons (Fsp3) is 0.421. The molecular weight excluding hydrogens is 330 g/mol. The van der Waals surface area contributed by atoms with Crippen LogP contribution in [0, 0.1) is 0 Å². The van der Waals surface area contributed by atoms with E-state index in [2.05, 4.69) is 38.1 Å². The molecule has 3 aromatic heterocycles. The van der Waals surface area contributed by atoms with Gasteiger partial charge in [0.25, 0.3) is 0 Å². The van der Waals surface area contributed by atoms with Gasteiger partial charge in [0.15, 0.2) is 0 Å². The van der Waals surface area contributed by atoms with Crippen LogP contribution in [0.3, 0.4) is 0 Å². The number of hydrogen-bond acceptors (Lipinski definition) is 6. The van der Waals surface area contributed by atoms with Crippen LogP contribution in [0.25, 0.3) is 22.2 Å². The number of pyridine rings is 2. The lowest BCUT2D eigenvalue weighted by Crippen LogP contribution is -2.36. The van der Waals surface area contributed by atoms with Crippen molar-refractivity contribution < 1.29 is 9.47 Å². The highest BCUT2D eigenvalue weighted by Gasteiger charge is 2.40. The summed E-state index contributed by atoms with van der Waals surface area (Å²) in [4.78, 5) is 11.2. The lowest BCUT2D eigenvalue weighted by Gasteiger charge is -2.27. The molecule has 1 saturated heterocycles. The van der Waals surface area contributed by atoms with Gasteiger partial charge in [-0.2, -0.15) is 5.10 Å². The maximum atomic E-state index is 6.01. The van der Waals surface area contributed by atoms with Gasteiger partial charge in [-0.3, -0.25) is 5.10 Å². The summed E-state index contributed by atoms with van der Waals surface area (Å²) in [5, 5.41) is 8.60. The molecule has 0 bridgehead atoms. The van der Waals surface area contributed by atoms with Gasteiger partial charge in [0.1, 0.15) is 17.1 Å². The molecule has 26 heavy (non-hydrogen) atoms. The Morgan fingerprint density at radius 3 is 2.85 bits per heavy atom. The normalized spacial score (nSPS) is 18.9. The van der Waals surface area contributed by atoms with Gasteiger partial charge in [-0.1, -0.05) is 0 Å². The van der Waals surface area contributed by atoms with E-state index >= 15 is 0 Å². The molecule has 2 aliphatic rings. The Labute approximate surface area is 151 Å². The Balaban J connectivity index is 1.50. The van der Waals surface area contributed by atoms with Crippen molar-refractivity contribution in [1.82, 2.24) is 20.2 Å². The Kier molecular flexibility index (Phi) is 3.56. The van der Waals surface area contributed by atoms with Gasteiger partial charge in [0.05, 0.1) is 24.9 Å². The number of aromatic nitrogens is 4. The van der Waals surface area contributed by atoms with Crippen molar-refractivity contribution >= 4 is 16.7 Å². The van der Waals surface area contributed by atoms with Gasteiger partial charge in [0, 0.05) is 36.3 Å². The number of H-pyrrole nitrogens is 1. The Morgan fingerprint density at radius 1 is 1.19 bits per heavy atom. The Morgan fingerprint density at radius 2 is 2.04 bits per heavy atom. The number of nitrogens with one attached hydrogen (secondary N) is 1. The Bertz CT molecular complexity index is 944. The summed E-state index contributed by atoms with van der Waals surface area (Å²) in [6, 6.07) is 6.05. The van der Waals surface area contributed by atoms with E-state index in [1.54, 1.807) is 6.20 Å². The van der Waals surface area contributed by atoms with Crippen LogP contribution in [0.4, 0.5) is 5.82 Å². The molecule has 0 atom stereocenters. The van der Waals surface area contributed by atoms with Crippen LogP contribution in [0.1, 0.15) is 19.8 Å². The van der Waals surface area contributed by atoms with Gasteiger partial charge in [0.2, 0.25) is 5.88 Å². The van der Waals surface area contributed by atoms with Crippen LogP contribution in [-0.4, -0.2) is 52.1 Å². The number of rotatable bonds is 4. The van der Waals surface area contributed by atoms with Gasteiger partial charge >= 0.3 is 0 Å². The lowest BCUT2D eigenvalue weighted by molar-refractivity contribution is 0.122. The highest BCUT2D eigenvalue weighted by Crippen LogP contribution is 2.40. The molecule has 2 fully saturated rings. The van der Waals surface area contributed by atoms with E-state index in [1.807, 2.05) is 18.3 Å². The van der Waals surface area contributed by atoms with E-state index < -0.39 is 0 Å². The molecule has 1 aliphatic heterocycles. The van der Waals surface area contributed by atoms with Crippen molar-refractivity contribution in [2.45, 2.75) is 25.4 Å². The van der Waals surface area contributed by atoms with Crippen molar-refractivity contribution in [3.05, 3.63) is 30.6 Å². The smallest absolute Gasteiger partial charge is 0.214 e. The fourth-order valence-electron chi connectivity index (χ4n) is 3.24. The van der Waals surface area contributed by atoms with Crippen molar-refractivity contribution in [2.24, 2.45) is 0 Å². The van der Waals surface area contributed by atoms with Crippen LogP contribution in [0.2, 0.25) is 0 Å². The molecule has 5 rings (SSSR count). The summed E-state index contributed by atoms with van der Waals surface area (Å²) in [6.45, 7) is 5.31.